The average molecular weight is 466 g/mol. The lowest BCUT2D eigenvalue weighted by Crippen LogP contribution is -2.56. The van der Waals surface area contributed by atoms with E-state index >= 15 is 0 Å². The number of rotatable bonds is 7. The van der Waals surface area contributed by atoms with Crippen LogP contribution in [0.1, 0.15) is 30.5 Å². The number of nitrogens with one attached hydrogen (secondary N) is 1. The molecule has 2 aliphatic rings. The topological polar surface area (TPSA) is 150 Å². The molecule has 2 heterocycles. The summed E-state index contributed by atoms with van der Waals surface area (Å²) in [4.78, 5) is 63.1. The van der Waals surface area contributed by atoms with E-state index in [0.29, 0.717) is 11.1 Å². The Morgan fingerprint density at radius 2 is 1.65 bits per heavy atom. The van der Waals surface area contributed by atoms with Gasteiger partial charge >= 0.3 is 17.9 Å². The average Bonchev–Trinajstić information content (AvgIpc) is 3.24. The number of hydrogen-bond donors (Lipinski definition) is 3. The minimum atomic E-state index is -2.17. The van der Waals surface area contributed by atoms with Crippen LogP contribution in [0.5, 0.6) is 5.75 Å². The molecule has 2 amide bonds. The minimum Gasteiger partial charge on any atom is -0.481 e. The number of esters is 1. The van der Waals surface area contributed by atoms with Crippen LogP contribution >= 0.6 is 0 Å². The number of fused-ring (bicyclic) bond motifs is 1. The van der Waals surface area contributed by atoms with Crippen LogP contribution in [0, 0.1) is 11.8 Å². The number of carboxylic acid groups (broad SMARTS) is 2. The van der Waals surface area contributed by atoms with E-state index < -0.39 is 59.6 Å². The second-order valence-corrected chi connectivity index (χ2v) is 8.38. The fourth-order valence-corrected chi connectivity index (χ4v) is 4.85. The number of amides is 2. The smallest absolute Gasteiger partial charge is 0.325 e. The third-order valence-electron chi connectivity index (χ3n) is 6.24. The van der Waals surface area contributed by atoms with Crippen molar-refractivity contribution >= 4 is 29.7 Å². The fourth-order valence-electron chi connectivity index (χ4n) is 4.85. The molecular weight excluding hydrogens is 444 g/mol. The molecular formula is C24H22N2O8. The number of carbonyl (C=O) groups excluding carboxylic acids is 3. The molecule has 4 atom stereocenters. The molecule has 0 bridgehead atoms. The zero-order valence-corrected chi connectivity index (χ0v) is 18.1. The first-order valence-corrected chi connectivity index (χ1v) is 10.5. The quantitative estimate of drug-likeness (QED) is 0.312. The Bertz CT molecular complexity index is 1160. The molecule has 4 rings (SSSR count). The van der Waals surface area contributed by atoms with Gasteiger partial charge in [0.15, 0.2) is 0 Å². The van der Waals surface area contributed by atoms with Crippen molar-refractivity contribution < 1.29 is 38.9 Å². The lowest BCUT2D eigenvalue weighted by atomic mass is 9.77. The molecule has 0 aromatic heterocycles. The summed E-state index contributed by atoms with van der Waals surface area (Å²) in [7, 11) is 0. The van der Waals surface area contributed by atoms with Crippen LogP contribution in [-0.2, 0) is 30.5 Å². The van der Waals surface area contributed by atoms with Crippen LogP contribution in [0.15, 0.2) is 54.6 Å². The lowest BCUT2D eigenvalue weighted by Gasteiger charge is -2.29. The zero-order valence-electron chi connectivity index (χ0n) is 18.1. The molecule has 2 aromatic rings. The van der Waals surface area contributed by atoms with E-state index in [-0.39, 0.29) is 12.3 Å². The van der Waals surface area contributed by atoms with E-state index in [2.05, 4.69) is 5.32 Å². The molecule has 4 unspecified atom stereocenters. The number of carboxylic acids is 2. The highest BCUT2D eigenvalue weighted by Crippen LogP contribution is 2.50. The normalized spacial score (nSPS) is 25.8. The molecule has 34 heavy (non-hydrogen) atoms. The first kappa shape index (κ1) is 23.1. The van der Waals surface area contributed by atoms with Crippen molar-refractivity contribution in [3.8, 4) is 5.75 Å². The van der Waals surface area contributed by atoms with Crippen LogP contribution in [-0.4, -0.2) is 50.4 Å². The third kappa shape index (κ3) is 3.92. The number of ether oxygens (including phenoxy) is 1. The first-order chi connectivity index (χ1) is 16.1. The van der Waals surface area contributed by atoms with Crippen molar-refractivity contribution in [2.24, 2.45) is 11.8 Å². The SMILES string of the molecule is CC(=O)Oc1ccc(C2NC(CC(=O)O)(C(=O)O)C3C(=O)N(Cc4ccccc4)C(=O)C23)cc1. The highest BCUT2D eigenvalue weighted by Gasteiger charge is 2.69. The van der Waals surface area contributed by atoms with Gasteiger partial charge in [0, 0.05) is 13.0 Å². The van der Waals surface area contributed by atoms with Gasteiger partial charge in [-0.15, -0.1) is 0 Å². The molecule has 0 aliphatic carbocycles. The molecule has 2 fully saturated rings. The lowest BCUT2D eigenvalue weighted by molar-refractivity contribution is -0.156. The van der Waals surface area contributed by atoms with Crippen LogP contribution < -0.4 is 10.1 Å². The van der Waals surface area contributed by atoms with Gasteiger partial charge in [-0.25, -0.2) is 0 Å². The van der Waals surface area contributed by atoms with Gasteiger partial charge in [0.2, 0.25) is 11.8 Å². The van der Waals surface area contributed by atoms with E-state index in [0.717, 1.165) is 4.90 Å². The molecule has 2 aliphatic heterocycles. The molecule has 176 valence electrons. The van der Waals surface area contributed by atoms with E-state index in [1.165, 1.54) is 19.1 Å². The van der Waals surface area contributed by atoms with Gasteiger partial charge in [0.25, 0.3) is 0 Å². The number of likely N-dealkylation sites (tertiary alicyclic amines) is 1. The van der Waals surface area contributed by atoms with E-state index in [1.54, 1.807) is 42.5 Å². The Morgan fingerprint density at radius 3 is 2.21 bits per heavy atom. The van der Waals surface area contributed by atoms with Crippen molar-refractivity contribution in [1.29, 1.82) is 0 Å². The summed E-state index contributed by atoms with van der Waals surface area (Å²) in [6.45, 7) is 1.20. The second-order valence-electron chi connectivity index (χ2n) is 8.38. The predicted molar refractivity (Wildman–Crippen MR) is 115 cm³/mol. The summed E-state index contributed by atoms with van der Waals surface area (Å²) in [5, 5.41) is 22.4. The summed E-state index contributed by atoms with van der Waals surface area (Å²) >= 11 is 0. The number of hydrogen-bond acceptors (Lipinski definition) is 7. The molecule has 2 aromatic carbocycles. The highest BCUT2D eigenvalue weighted by molar-refractivity contribution is 6.10. The zero-order chi connectivity index (χ0) is 24.6. The summed E-state index contributed by atoms with van der Waals surface area (Å²) in [5.74, 6) is -7.04. The standard InChI is InChI=1S/C24H22N2O8/c1-13(27)34-16-9-7-15(8-10-16)20-18-19(24(25-20,23(32)33)11-17(28)29)22(31)26(21(18)30)12-14-5-3-2-4-6-14/h2-10,18-20,25H,11-12H2,1H3,(H,28,29)(H,32,33). The van der Waals surface area contributed by atoms with E-state index in [9.17, 15) is 34.2 Å². The van der Waals surface area contributed by atoms with Crippen LogP contribution in [0.25, 0.3) is 0 Å². The molecule has 0 radical (unpaired) electrons. The van der Waals surface area contributed by atoms with Crippen LogP contribution in [0.3, 0.4) is 0 Å². The van der Waals surface area contributed by atoms with E-state index in [4.69, 9.17) is 4.74 Å². The Balaban J connectivity index is 1.76. The van der Waals surface area contributed by atoms with Gasteiger partial charge in [-0.3, -0.25) is 34.2 Å². The van der Waals surface area contributed by atoms with Crippen LogP contribution in [0.2, 0.25) is 0 Å². The molecule has 10 nitrogen and oxygen atoms in total. The number of nitrogens with zero attached hydrogens (tertiary/aromatic N) is 1. The maximum absolute atomic E-state index is 13.4. The molecule has 0 spiro atoms. The summed E-state index contributed by atoms with van der Waals surface area (Å²) < 4.78 is 5.01. The number of benzene rings is 2. The fraction of sp³-hybridized carbons (Fsp3) is 0.292. The van der Waals surface area contributed by atoms with Crippen molar-refractivity contribution in [2.45, 2.75) is 31.5 Å². The van der Waals surface area contributed by atoms with Crippen molar-refractivity contribution in [2.75, 3.05) is 0 Å². The van der Waals surface area contributed by atoms with E-state index in [1.807, 2.05) is 0 Å². The van der Waals surface area contributed by atoms with Gasteiger partial charge in [-0.2, -0.15) is 0 Å². The highest BCUT2D eigenvalue weighted by atomic mass is 16.5. The second kappa shape index (κ2) is 8.71. The van der Waals surface area contributed by atoms with Gasteiger partial charge < -0.3 is 14.9 Å². The van der Waals surface area contributed by atoms with Crippen molar-refractivity contribution in [3.05, 3.63) is 65.7 Å². The Morgan fingerprint density at radius 1 is 1.00 bits per heavy atom. The Kier molecular flexibility index (Phi) is 5.92. The largest absolute Gasteiger partial charge is 0.481 e. The Hall–Kier alpha value is -4.05. The molecule has 2 saturated heterocycles. The summed E-state index contributed by atoms with van der Waals surface area (Å²) in [6.07, 6.45) is -0.885. The Labute approximate surface area is 194 Å². The van der Waals surface area contributed by atoms with Crippen molar-refractivity contribution in [3.63, 3.8) is 0 Å². The number of carbonyl (C=O) groups is 5. The molecule has 10 heteroatoms. The maximum atomic E-state index is 13.4. The summed E-state index contributed by atoms with van der Waals surface area (Å²) in [6, 6.07) is 13.9. The minimum absolute atomic E-state index is 0.0492. The monoisotopic (exact) mass is 466 g/mol. The van der Waals surface area contributed by atoms with Gasteiger partial charge in [-0.1, -0.05) is 42.5 Å². The van der Waals surface area contributed by atoms with Gasteiger partial charge in [-0.05, 0) is 23.3 Å². The van der Waals surface area contributed by atoms with Gasteiger partial charge in [0.1, 0.15) is 11.3 Å². The molecule has 0 saturated carbocycles. The first-order valence-electron chi connectivity index (χ1n) is 10.5. The van der Waals surface area contributed by atoms with Crippen LogP contribution in [0.4, 0.5) is 0 Å². The predicted octanol–water partition coefficient (Wildman–Crippen LogP) is 1.36. The maximum Gasteiger partial charge on any atom is 0.325 e. The molecule has 3 N–H and O–H groups in total. The van der Waals surface area contributed by atoms with Crippen molar-refractivity contribution in [1.82, 2.24) is 10.2 Å². The summed E-state index contributed by atoms with van der Waals surface area (Å²) in [5.41, 5.74) is -1.03. The number of imide groups is 1. The van der Waals surface area contributed by atoms with Gasteiger partial charge in [0.05, 0.1) is 24.8 Å². The number of aliphatic carboxylic acids is 2. The third-order valence-corrected chi connectivity index (χ3v) is 6.24.